The molecule has 0 aliphatic rings. The molecule has 0 aliphatic heterocycles. The van der Waals surface area contributed by atoms with Crippen LogP contribution in [0.5, 0.6) is 0 Å². The average Bonchev–Trinajstić information content (AvgIpc) is 3.54. The lowest BCUT2D eigenvalue weighted by Gasteiger charge is -2.28. The SMILES string of the molecule is c1ccc(-c2ccc(N(c3ccc(-c4ccccc4)cc3)c3cc4oc5ccc6ccccc6c5c4cc3-c3ccccc3)cc2)cc1. The highest BCUT2D eigenvalue weighted by molar-refractivity contribution is 6.20. The summed E-state index contributed by atoms with van der Waals surface area (Å²) in [6.45, 7) is 0. The molecule has 8 aromatic carbocycles. The lowest BCUT2D eigenvalue weighted by atomic mass is 9.97. The molecule has 2 heteroatoms. The predicted octanol–water partition coefficient (Wildman–Crippen LogP) is 13.2. The topological polar surface area (TPSA) is 16.4 Å². The minimum absolute atomic E-state index is 0.864. The van der Waals surface area contributed by atoms with Crippen LogP contribution in [-0.4, -0.2) is 0 Å². The fourth-order valence-electron chi connectivity index (χ4n) is 6.91. The number of hydrogen-bond donors (Lipinski definition) is 0. The minimum atomic E-state index is 0.864. The lowest BCUT2D eigenvalue weighted by molar-refractivity contribution is 0.669. The van der Waals surface area contributed by atoms with E-state index in [0.717, 1.165) is 50.1 Å². The molecule has 0 N–H and O–H groups in total. The van der Waals surface area contributed by atoms with Gasteiger partial charge in [0.2, 0.25) is 0 Å². The van der Waals surface area contributed by atoms with E-state index >= 15 is 0 Å². The van der Waals surface area contributed by atoms with Crippen molar-refractivity contribution < 1.29 is 4.42 Å². The van der Waals surface area contributed by atoms with Crippen LogP contribution in [-0.2, 0) is 0 Å². The maximum absolute atomic E-state index is 6.64. The molecule has 1 heterocycles. The number of furan rings is 1. The zero-order chi connectivity index (χ0) is 31.9. The summed E-state index contributed by atoms with van der Waals surface area (Å²) >= 11 is 0. The van der Waals surface area contributed by atoms with Gasteiger partial charge < -0.3 is 9.32 Å². The van der Waals surface area contributed by atoms with Gasteiger partial charge in [0.05, 0.1) is 5.69 Å². The summed E-state index contributed by atoms with van der Waals surface area (Å²) in [6.07, 6.45) is 0. The second-order valence-electron chi connectivity index (χ2n) is 12.2. The van der Waals surface area contributed by atoms with Crippen molar-refractivity contribution in [3.8, 4) is 33.4 Å². The molecule has 2 nitrogen and oxygen atoms in total. The van der Waals surface area contributed by atoms with E-state index in [-0.39, 0.29) is 0 Å². The summed E-state index contributed by atoms with van der Waals surface area (Å²) in [5, 5.41) is 4.67. The zero-order valence-electron chi connectivity index (χ0n) is 26.3. The highest BCUT2D eigenvalue weighted by Gasteiger charge is 2.21. The fourth-order valence-corrected chi connectivity index (χ4v) is 6.91. The summed E-state index contributed by atoms with van der Waals surface area (Å²) in [5.41, 5.74) is 12.0. The van der Waals surface area contributed by atoms with Crippen molar-refractivity contribution in [2.24, 2.45) is 0 Å². The number of fused-ring (bicyclic) bond motifs is 5. The van der Waals surface area contributed by atoms with Crippen LogP contribution in [0.15, 0.2) is 192 Å². The van der Waals surface area contributed by atoms with Crippen LogP contribution in [0, 0.1) is 0 Å². The van der Waals surface area contributed by atoms with Crippen molar-refractivity contribution in [3.05, 3.63) is 188 Å². The molecular weight excluding hydrogens is 583 g/mol. The maximum atomic E-state index is 6.64. The Morgan fingerprint density at radius 1 is 0.354 bits per heavy atom. The Bertz CT molecular complexity index is 2430. The molecule has 0 amide bonds. The molecule has 0 radical (unpaired) electrons. The van der Waals surface area contributed by atoms with E-state index in [0.29, 0.717) is 0 Å². The quantitative estimate of drug-likeness (QED) is 0.185. The zero-order valence-corrected chi connectivity index (χ0v) is 26.3. The monoisotopic (exact) mass is 613 g/mol. The van der Waals surface area contributed by atoms with Crippen LogP contribution < -0.4 is 4.90 Å². The average molecular weight is 614 g/mol. The molecule has 0 aliphatic carbocycles. The highest BCUT2D eigenvalue weighted by Crippen LogP contribution is 2.46. The van der Waals surface area contributed by atoms with E-state index in [1.807, 2.05) is 0 Å². The molecule has 0 saturated heterocycles. The standard InChI is InChI=1S/C46H31NO/c1-4-12-32(13-5-1)34-20-25-38(26-21-34)47(39-27-22-35(23-28-39)33-14-6-2-7-15-33)43-31-45-42(30-41(43)36-16-8-3-9-17-36)46-40-19-11-10-18-37(40)24-29-44(46)48-45/h1-31H. The van der Waals surface area contributed by atoms with Gasteiger partial charge >= 0.3 is 0 Å². The van der Waals surface area contributed by atoms with Crippen molar-refractivity contribution in [1.29, 1.82) is 0 Å². The van der Waals surface area contributed by atoms with Gasteiger partial charge in [-0.25, -0.2) is 0 Å². The van der Waals surface area contributed by atoms with Gasteiger partial charge in [-0.15, -0.1) is 0 Å². The Hall–Kier alpha value is -6.38. The number of nitrogens with zero attached hydrogens (tertiary/aromatic N) is 1. The van der Waals surface area contributed by atoms with Crippen LogP contribution >= 0.6 is 0 Å². The highest BCUT2D eigenvalue weighted by atomic mass is 16.3. The molecule has 9 aromatic rings. The van der Waals surface area contributed by atoms with Gasteiger partial charge in [-0.1, -0.05) is 146 Å². The van der Waals surface area contributed by atoms with Gasteiger partial charge in [-0.05, 0) is 75.0 Å². The molecule has 48 heavy (non-hydrogen) atoms. The van der Waals surface area contributed by atoms with Crippen molar-refractivity contribution in [2.45, 2.75) is 0 Å². The smallest absolute Gasteiger partial charge is 0.137 e. The normalized spacial score (nSPS) is 11.3. The van der Waals surface area contributed by atoms with Gasteiger partial charge in [-0.2, -0.15) is 0 Å². The summed E-state index contributed by atoms with van der Waals surface area (Å²) in [4.78, 5) is 2.36. The third-order valence-electron chi connectivity index (χ3n) is 9.27. The second kappa shape index (κ2) is 11.8. The first kappa shape index (κ1) is 27.9. The van der Waals surface area contributed by atoms with Gasteiger partial charge in [0.1, 0.15) is 11.2 Å². The first-order valence-electron chi connectivity index (χ1n) is 16.3. The van der Waals surface area contributed by atoms with Crippen LogP contribution in [0.4, 0.5) is 17.1 Å². The molecular formula is C46H31NO. The summed E-state index contributed by atoms with van der Waals surface area (Å²) in [5.74, 6) is 0. The van der Waals surface area contributed by atoms with Gasteiger partial charge in [0, 0.05) is 33.8 Å². The third-order valence-corrected chi connectivity index (χ3v) is 9.27. The summed E-state index contributed by atoms with van der Waals surface area (Å²) < 4.78 is 6.64. The molecule has 1 aromatic heterocycles. The van der Waals surface area contributed by atoms with Crippen molar-refractivity contribution in [2.75, 3.05) is 4.90 Å². The first-order valence-corrected chi connectivity index (χ1v) is 16.3. The van der Waals surface area contributed by atoms with E-state index in [1.54, 1.807) is 0 Å². The van der Waals surface area contributed by atoms with Crippen LogP contribution in [0.3, 0.4) is 0 Å². The minimum Gasteiger partial charge on any atom is -0.456 e. The summed E-state index contributed by atoms with van der Waals surface area (Å²) in [6, 6.07) is 66.8. The van der Waals surface area contributed by atoms with Gasteiger partial charge in [0.15, 0.2) is 0 Å². The molecule has 0 fully saturated rings. The van der Waals surface area contributed by atoms with Crippen molar-refractivity contribution >= 4 is 49.8 Å². The molecule has 226 valence electrons. The Balaban J connectivity index is 1.29. The Labute approximate surface area is 279 Å². The van der Waals surface area contributed by atoms with Crippen LogP contribution in [0.25, 0.3) is 66.1 Å². The number of rotatable bonds is 6. The Kier molecular flexibility index (Phi) is 6.84. The molecule has 0 bridgehead atoms. The summed E-state index contributed by atoms with van der Waals surface area (Å²) in [7, 11) is 0. The van der Waals surface area contributed by atoms with Crippen LogP contribution in [0.1, 0.15) is 0 Å². The number of hydrogen-bond acceptors (Lipinski definition) is 2. The van der Waals surface area contributed by atoms with Crippen LogP contribution in [0.2, 0.25) is 0 Å². The lowest BCUT2D eigenvalue weighted by Crippen LogP contribution is -2.11. The molecule has 0 spiro atoms. The number of benzene rings is 8. The van der Waals surface area contributed by atoms with E-state index in [4.69, 9.17) is 4.42 Å². The van der Waals surface area contributed by atoms with E-state index < -0.39 is 0 Å². The van der Waals surface area contributed by atoms with Gasteiger partial charge in [-0.3, -0.25) is 0 Å². The van der Waals surface area contributed by atoms with E-state index in [2.05, 4.69) is 193 Å². The van der Waals surface area contributed by atoms with Gasteiger partial charge in [0.25, 0.3) is 0 Å². The van der Waals surface area contributed by atoms with Crippen molar-refractivity contribution in [1.82, 2.24) is 0 Å². The Morgan fingerprint density at radius 2 is 0.854 bits per heavy atom. The maximum Gasteiger partial charge on any atom is 0.137 e. The second-order valence-corrected chi connectivity index (χ2v) is 12.2. The molecule has 9 rings (SSSR count). The van der Waals surface area contributed by atoms with E-state index in [1.165, 1.54) is 33.0 Å². The third kappa shape index (κ3) is 4.92. The van der Waals surface area contributed by atoms with Crippen molar-refractivity contribution in [3.63, 3.8) is 0 Å². The number of anilines is 3. The predicted molar refractivity (Wildman–Crippen MR) is 202 cm³/mol. The Morgan fingerprint density at radius 3 is 1.44 bits per heavy atom. The fraction of sp³-hybridized carbons (Fsp3) is 0. The largest absolute Gasteiger partial charge is 0.456 e. The van der Waals surface area contributed by atoms with E-state index in [9.17, 15) is 0 Å². The first-order chi connectivity index (χ1) is 23.8. The molecule has 0 saturated carbocycles. The molecule has 0 atom stereocenters. The molecule has 0 unspecified atom stereocenters.